The summed E-state index contributed by atoms with van der Waals surface area (Å²) in [6.07, 6.45) is 0. The normalized spacial score (nSPS) is 11.9. The molecule has 3 nitrogen and oxygen atoms in total. The van der Waals surface area contributed by atoms with E-state index >= 15 is 0 Å². The Bertz CT molecular complexity index is 1670. The first-order valence-corrected chi connectivity index (χ1v) is 11.8. The zero-order chi connectivity index (χ0) is 23.2. The lowest BCUT2D eigenvalue weighted by molar-refractivity contribution is 1.20. The van der Waals surface area contributed by atoms with Gasteiger partial charge in [-0.2, -0.15) is 0 Å². The molecule has 0 unspecified atom stereocenters. The smallest absolute Gasteiger partial charge is 0.160 e. The predicted molar refractivity (Wildman–Crippen MR) is 144 cm³/mol. The molecule has 6 aromatic rings. The van der Waals surface area contributed by atoms with Crippen molar-refractivity contribution >= 4 is 28.0 Å². The first-order valence-electron chi connectivity index (χ1n) is 11.8. The van der Waals surface area contributed by atoms with E-state index in [1.54, 1.807) is 0 Å². The van der Waals surface area contributed by atoms with Crippen LogP contribution in [0.25, 0.3) is 44.7 Å². The predicted octanol–water partition coefficient (Wildman–Crippen LogP) is 8.41. The Morgan fingerprint density at radius 1 is 0.457 bits per heavy atom. The second-order valence-electron chi connectivity index (χ2n) is 8.70. The van der Waals surface area contributed by atoms with Crippen LogP contribution < -0.4 is 4.90 Å². The number of hydrogen-bond donors (Lipinski definition) is 0. The Kier molecular flexibility index (Phi) is 4.46. The van der Waals surface area contributed by atoms with Gasteiger partial charge in [0, 0.05) is 16.8 Å². The van der Waals surface area contributed by atoms with Gasteiger partial charge in [-0.05, 0) is 41.5 Å². The molecular formula is C32H21N3. The van der Waals surface area contributed by atoms with Gasteiger partial charge in [0.05, 0.1) is 28.0 Å². The molecule has 0 spiro atoms. The maximum Gasteiger partial charge on any atom is 0.160 e. The van der Waals surface area contributed by atoms with Crippen LogP contribution in [0.1, 0.15) is 0 Å². The third-order valence-corrected chi connectivity index (χ3v) is 6.61. The molecule has 1 aliphatic rings. The molecule has 0 radical (unpaired) electrons. The second-order valence-corrected chi connectivity index (χ2v) is 8.70. The molecule has 0 bridgehead atoms. The van der Waals surface area contributed by atoms with Gasteiger partial charge >= 0.3 is 0 Å². The largest absolute Gasteiger partial charge is 0.309 e. The van der Waals surface area contributed by atoms with E-state index in [0.29, 0.717) is 0 Å². The summed E-state index contributed by atoms with van der Waals surface area (Å²) in [5.41, 5.74) is 9.82. The maximum absolute atomic E-state index is 5.09. The molecule has 0 fully saturated rings. The highest BCUT2D eigenvalue weighted by atomic mass is 15.2. The topological polar surface area (TPSA) is 29.0 Å². The van der Waals surface area contributed by atoms with Gasteiger partial charge in [-0.15, -0.1) is 0 Å². The molecule has 0 amide bonds. The van der Waals surface area contributed by atoms with Gasteiger partial charge in [0.15, 0.2) is 5.82 Å². The fourth-order valence-corrected chi connectivity index (χ4v) is 4.97. The number of benzene rings is 5. The quantitative estimate of drug-likeness (QED) is 0.272. The van der Waals surface area contributed by atoms with E-state index in [0.717, 1.165) is 50.6 Å². The lowest BCUT2D eigenvalue weighted by Gasteiger charge is -2.33. The Morgan fingerprint density at radius 2 is 1.09 bits per heavy atom. The molecule has 35 heavy (non-hydrogen) atoms. The number of anilines is 3. The summed E-state index contributed by atoms with van der Waals surface area (Å²) < 4.78 is 0. The number of nitrogens with zero attached hydrogens (tertiary/aromatic N) is 3. The van der Waals surface area contributed by atoms with Gasteiger partial charge in [0.25, 0.3) is 0 Å². The van der Waals surface area contributed by atoms with Crippen LogP contribution in [0, 0.1) is 0 Å². The zero-order valence-electron chi connectivity index (χ0n) is 19.0. The van der Waals surface area contributed by atoms with Crippen molar-refractivity contribution in [3.8, 4) is 33.8 Å². The molecule has 2 heterocycles. The molecule has 0 atom stereocenters. The SMILES string of the molecule is c1ccc(-c2ccc(N3c4ccccc4-c4nc(-c5ccccc5)nc5cccc3c45)cc2)cc1. The van der Waals surface area contributed by atoms with E-state index in [-0.39, 0.29) is 0 Å². The lowest BCUT2D eigenvalue weighted by atomic mass is 9.96. The minimum atomic E-state index is 0.751. The number of rotatable bonds is 3. The van der Waals surface area contributed by atoms with E-state index in [1.807, 2.05) is 24.3 Å². The summed E-state index contributed by atoms with van der Waals surface area (Å²) in [4.78, 5) is 12.4. The Morgan fingerprint density at radius 3 is 1.86 bits per heavy atom. The van der Waals surface area contributed by atoms with E-state index in [1.165, 1.54) is 11.1 Å². The van der Waals surface area contributed by atoms with Gasteiger partial charge in [0.2, 0.25) is 0 Å². The summed E-state index contributed by atoms with van der Waals surface area (Å²) >= 11 is 0. The molecule has 0 saturated heterocycles. The monoisotopic (exact) mass is 447 g/mol. The highest BCUT2D eigenvalue weighted by Gasteiger charge is 2.27. The van der Waals surface area contributed by atoms with E-state index < -0.39 is 0 Å². The van der Waals surface area contributed by atoms with Crippen molar-refractivity contribution in [2.45, 2.75) is 0 Å². The number of para-hydroxylation sites is 1. The Hall–Kier alpha value is -4.76. The van der Waals surface area contributed by atoms with Crippen molar-refractivity contribution in [1.29, 1.82) is 0 Å². The third kappa shape index (κ3) is 3.21. The summed E-state index contributed by atoms with van der Waals surface area (Å²) in [6.45, 7) is 0. The first kappa shape index (κ1) is 19.7. The molecule has 7 rings (SSSR count). The van der Waals surface area contributed by atoms with E-state index in [9.17, 15) is 0 Å². The Labute approximate surface area is 204 Å². The fraction of sp³-hybridized carbons (Fsp3) is 0. The van der Waals surface area contributed by atoms with E-state index in [2.05, 4.69) is 108 Å². The van der Waals surface area contributed by atoms with Gasteiger partial charge < -0.3 is 4.90 Å². The van der Waals surface area contributed by atoms with Crippen LogP contribution in [0.4, 0.5) is 17.1 Å². The van der Waals surface area contributed by atoms with Crippen LogP contribution in [0.2, 0.25) is 0 Å². The maximum atomic E-state index is 5.09. The average Bonchev–Trinajstić information content (AvgIpc) is 2.94. The minimum absolute atomic E-state index is 0.751. The van der Waals surface area contributed by atoms with Crippen LogP contribution in [0.3, 0.4) is 0 Å². The van der Waals surface area contributed by atoms with Crippen molar-refractivity contribution in [2.75, 3.05) is 4.90 Å². The minimum Gasteiger partial charge on any atom is -0.309 e. The molecule has 1 aliphatic heterocycles. The van der Waals surface area contributed by atoms with Crippen molar-refractivity contribution < 1.29 is 0 Å². The summed E-state index contributed by atoms with van der Waals surface area (Å²) in [7, 11) is 0. The number of hydrogen-bond acceptors (Lipinski definition) is 3. The molecule has 3 heteroatoms. The average molecular weight is 448 g/mol. The van der Waals surface area contributed by atoms with Crippen LogP contribution >= 0.6 is 0 Å². The van der Waals surface area contributed by atoms with Crippen LogP contribution in [0.5, 0.6) is 0 Å². The molecular weight excluding hydrogens is 426 g/mol. The molecule has 5 aromatic carbocycles. The number of fused-ring (bicyclic) bond motifs is 2. The van der Waals surface area contributed by atoms with Crippen molar-refractivity contribution in [1.82, 2.24) is 9.97 Å². The van der Waals surface area contributed by atoms with Gasteiger partial charge in [-0.25, -0.2) is 9.97 Å². The second kappa shape index (κ2) is 7.93. The summed E-state index contributed by atoms with van der Waals surface area (Å²) in [6, 6.07) is 44.3. The van der Waals surface area contributed by atoms with Gasteiger partial charge in [-0.3, -0.25) is 0 Å². The summed E-state index contributed by atoms with van der Waals surface area (Å²) in [5.74, 6) is 0.751. The molecule has 1 aromatic heterocycles. The van der Waals surface area contributed by atoms with Gasteiger partial charge in [0.1, 0.15) is 0 Å². The van der Waals surface area contributed by atoms with Crippen LogP contribution in [-0.4, -0.2) is 9.97 Å². The molecule has 0 N–H and O–H groups in total. The third-order valence-electron chi connectivity index (χ3n) is 6.61. The standard InChI is InChI=1S/C32H21N3/c1-3-10-22(11-4-1)23-18-20-25(21-19-23)35-28-16-8-7-14-26(28)31-30-27(15-9-17-29(30)35)33-32(34-31)24-12-5-2-6-13-24/h1-21H. The molecule has 0 aliphatic carbocycles. The number of aromatic nitrogens is 2. The fourth-order valence-electron chi connectivity index (χ4n) is 4.97. The lowest BCUT2D eigenvalue weighted by Crippen LogP contribution is -2.16. The Balaban J connectivity index is 1.44. The first-order chi connectivity index (χ1) is 17.4. The van der Waals surface area contributed by atoms with Gasteiger partial charge in [-0.1, -0.05) is 97.1 Å². The van der Waals surface area contributed by atoms with E-state index in [4.69, 9.17) is 9.97 Å². The molecule has 0 saturated carbocycles. The van der Waals surface area contributed by atoms with Crippen molar-refractivity contribution in [2.24, 2.45) is 0 Å². The molecule has 164 valence electrons. The van der Waals surface area contributed by atoms with Crippen LogP contribution in [-0.2, 0) is 0 Å². The summed E-state index contributed by atoms with van der Waals surface area (Å²) in [5, 5.41) is 1.08. The zero-order valence-corrected chi connectivity index (χ0v) is 19.0. The highest BCUT2D eigenvalue weighted by molar-refractivity contribution is 6.11. The van der Waals surface area contributed by atoms with Crippen molar-refractivity contribution in [3.05, 3.63) is 127 Å². The van der Waals surface area contributed by atoms with Crippen molar-refractivity contribution in [3.63, 3.8) is 0 Å². The highest BCUT2D eigenvalue weighted by Crippen LogP contribution is 2.50. The van der Waals surface area contributed by atoms with Crippen LogP contribution in [0.15, 0.2) is 127 Å².